The Labute approximate surface area is 49.3 Å². The van der Waals surface area contributed by atoms with Gasteiger partial charge in [-0.3, -0.25) is 0 Å². The standard InChI is InChI=1S/C4H5BrF2/c5-2-1-4(7)3-6/h3H,1-2H2. The van der Waals surface area contributed by atoms with Crippen molar-refractivity contribution in [2.45, 2.75) is 6.42 Å². The van der Waals surface area contributed by atoms with E-state index in [4.69, 9.17) is 0 Å². The minimum atomic E-state index is -0.711. The molecule has 0 aliphatic heterocycles. The average Bonchev–Trinajstić information content (AvgIpc) is 1.68. The first-order valence-electron chi connectivity index (χ1n) is 1.82. The summed E-state index contributed by atoms with van der Waals surface area (Å²) in [5.74, 6) is -0.711. The van der Waals surface area contributed by atoms with Crippen molar-refractivity contribution < 1.29 is 8.78 Å². The van der Waals surface area contributed by atoms with E-state index < -0.39 is 5.83 Å². The van der Waals surface area contributed by atoms with Crippen molar-refractivity contribution in [3.05, 3.63) is 12.2 Å². The van der Waals surface area contributed by atoms with Crippen LogP contribution in [0, 0.1) is 0 Å². The molecule has 0 aromatic carbocycles. The highest BCUT2D eigenvalue weighted by molar-refractivity contribution is 9.09. The van der Waals surface area contributed by atoms with Gasteiger partial charge in [-0.15, -0.1) is 0 Å². The molecule has 0 N–H and O–H groups in total. The van der Waals surface area contributed by atoms with Crippen LogP contribution in [-0.2, 0) is 0 Å². The normalized spacial score (nSPS) is 12.1. The van der Waals surface area contributed by atoms with E-state index in [9.17, 15) is 8.78 Å². The summed E-state index contributed by atoms with van der Waals surface area (Å²) in [5.41, 5.74) is 0. The lowest BCUT2D eigenvalue weighted by atomic mass is 10.5. The minimum absolute atomic E-state index is 0.0265. The van der Waals surface area contributed by atoms with Crippen LogP contribution >= 0.6 is 15.9 Å². The summed E-state index contributed by atoms with van der Waals surface area (Å²) in [6, 6.07) is 0. The molecule has 0 aromatic heterocycles. The first kappa shape index (κ1) is 7.08. The molecule has 0 saturated heterocycles. The van der Waals surface area contributed by atoms with E-state index in [0.717, 1.165) is 0 Å². The maximum absolute atomic E-state index is 11.6. The highest BCUT2D eigenvalue weighted by atomic mass is 79.9. The molecular weight excluding hydrogens is 166 g/mol. The first-order valence-corrected chi connectivity index (χ1v) is 2.94. The van der Waals surface area contributed by atoms with Crippen LogP contribution in [0.1, 0.15) is 6.42 Å². The van der Waals surface area contributed by atoms with Crippen molar-refractivity contribution in [2.24, 2.45) is 0 Å². The Morgan fingerprint density at radius 3 is 2.43 bits per heavy atom. The highest BCUT2D eigenvalue weighted by Crippen LogP contribution is 2.03. The number of halogens is 3. The molecule has 0 bridgehead atoms. The third-order valence-corrected chi connectivity index (χ3v) is 0.848. The molecule has 0 aliphatic rings. The molecule has 0 aromatic rings. The fourth-order valence-corrected chi connectivity index (χ4v) is 0.524. The molecule has 0 unspecified atom stereocenters. The summed E-state index contributed by atoms with van der Waals surface area (Å²) in [5, 5.41) is 0.471. The second kappa shape index (κ2) is 4.24. The van der Waals surface area contributed by atoms with Crippen molar-refractivity contribution in [1.82, 2.24) is 0 Å². The van der Waals surface area contributed by atoms with E-state index in [0.29, 0.717) is 5.33 Å². The zero-order valence-corrected chi connectivity index (χ0v) is 5.21. The molecule has 0 aliphatic carbocycles. The van der Waals surface area contributed by atoms with Crippen LogP contribution in [-0.4, -0.2) is 5.33 Å². The van der Waals surface area contributed by atoms with Gasteiger partial charge in [0.2, 0.25) is 0 Å². The van der Waals surface area contributed by atoms with Crippen molar-refractivity contribution in [1.29, 1.82) is 0 Å². The number of hydrogen-bond acceptors (Lipinski definition) is 0. The molecule has 0 nitrogen and oxygen atoms in total. The predicted molar refractivity (Wildman–Crippen MR) is 28.7 cm³/mol. The molecule has 7 heavy (non-hydrogen) atoms. The summed E-state index contributed by atoms with van der Waals surface area (Å²) in [6.45, 7) is 0. The molecule has 0 atom stereocenters. The summed E-state index contributed by atoms with van der Waals surface area (Å²) >= 11 is 2.94. The fraction of sp³-hybridized carbons (Fsp3) is 0.500. The van der Waals surface area contributed by atoms with E-state index in [1.165, 1.54) is 0 Å². The zero-order chi connectivity index (χ0) is 5.70. The van der Waals surface area contributed by atoms with Crippen molar-refractivity contribution >= 4 is 15.9 Å². The molecule has 0 spiro atoms. The van der Waals surface area contributed by atoms with Gasteiger partial charge in [-0.2, -0.15) is 0 Å². The van der Waals surface area contributed by atoms with Gasteiger partial charge in [-0.05, 0) is 0 Å². The van der Waals surface area contributed by atoms with Crippen LogP contribution in [0.4, 0.5) is 8.78 Å². The molecule has 0 heterocycles. The van der Waals surface area contributed by atoms with E-state index in [1.54, 1.807) is 0 Å². The fourth-order valence-electron chi connectivity index (χ4n) is 0.145. The lowest BCUT2D eigenvalue weighted by molar-refractivity contribution is 0.560. The smallest absolute Gasteiger partial charge is 0.129 e. The molecule has 0 rings (SSSR count). The maximum atomic E-state index is 11.6. The summed E-state index contributed by atoms with van der Waals surface area (Å²) in [6.07, 6.45) is 0.109. The Bertz CT molecular complexity index is 70.1. The monoisotopic (exact) mass is 170 g/mol. The SMILES string of the molecule is FC=C(F)CCBr. The van der Waals surface area contributed by atoms with Crippen molar-refractivity contribution in [3.8, 4) is 0 Å². The second-order valence-corrected chi connectivity index (χ2v) is 1.79. The van der Waals surface area contributed by atoms with Gasteiger partial charge in [0.15, 0.2) is 0 Å². The van der Waals surface area contributed by atoms with Gasteiger partial charge in [0.05, 0.1) is 0 Å². The lowest BCUT2D eigenvalue weighted by Gasteiger charge is -1.83. The number of hydrogen-bond donors (Lipinski definition) is 0. The highest BCUT2D eigenvalue weighted by Gasteiger charge is 1.88. The van der Waals surface area contributed by atoms with Crippen LogP contribution in [0.3, 0.4) is 0 Å². The third kappa shape index (κ3) is 3.92. The van der Waals surface area contributed by atoms with Gasteiger partial charge in [-0.1, -0.05) is 15.9 Å². The maximum Gasteiger partial charge on any atom is 0.129 e. The quantitative estimate of drug-likeness (QED) is 0.560. The minimum Gasteiger partial charge on any atom is -0.213 e. The van der Waals surface area contributed by atoms with Crippen molar-refractivity contribution in [2.75, 3.05) is 5.33 Å². The van der Waals surface area contributed by atoms with E-state index >= 15 is 0 Å². The lowest BCUT2D eigenvalue weighted by Crippen LogP contribution is -1.71. The first-order chi connectivity index (χ1) is 3.31. The molecule has 0 fully saturated rings. The topological polar surface area (TPSA) is 0 Å². The van der Waals surface area contributed by atoms with Crippen LogP contribution in [0.2, 0.25) is 0 Å². The van der Waals surface area contributed by atoms with Gasteiger partial charge >= 0.3 is 0 Å². The molecular formula is C4H5BrF2. The van der Waals surface area contributed by atoms with Gasteiger partial charge in [0.25, 0.3) is 0 Å². The van der Waals surface area contributed by atoms with Crippen LogP contribution in [0.15, 0.2) is 12.2 Å². The van der Waals surface area contributed by atoms with E-state index in [-0.39, 0.29) is 12.8 Å². The van der Waals surface area contributed by atoms with Gasteiger partial charge in [0, 0.05) is 11.8 Å². The zero-order valence-electron chi connectivity index (χ0n) is 3.63. The summed E-state index contributed by atoms with van der Waals surface area (Å²) in [4.78, 5) is 0. The van der Waals surface area contributed by atoms with Crippen LogP contribution in [0.25, 0.3) is 0 Å². The van der Waals surface area contributed by atoms with Gasteiger partial charge in [0.1, 0.15) is 12.2 Å². The van der Waals surface area contributed by atoms with Crippen LogP contribution < -0.4 is 0 Å². The Hall–Kier alpha value is 0.0800. The average molecular weight is 171 g/mol. The molecule has 0 amide bonds. The van der Waals surface area contributed by atoms with Crippen molar-refractivity contribution in [3.63, 3.8) is 0 Å². The number of rotatable bonds is 2. The molecule has 0 saturated carbocycles. The second-order valence-electron chi connectivity index (χ2n) is 0.995. The summed E-state index contributed by atoms with van der Waals surface area (Å²) < 4.78 is 22.6. The predicted octanol–water partition coefficient (Wildman–Crippen LogP) is 2.55. The van der Waals surface area contributed by atoms with E-state index in [2.05, 4.69) is 15.9 Å². The molecule has 0 radical (unpaired) electrons. The number of allylic oxidation sites excluding steroid dienone is 1. The van der Waals surface area contributed by atoms with Crippen LogP contribution in [0.5, 0.6) is 0 Å². The summed E-state index contributed by atoms with van der Waals surface area (Å²) in [7, 11) is 0. The third-order valence-electron chi connectivity index (χ3n) is 0.452. The Kier molecular flexibility index (Phi) is 4.29. The van der Waals surface area contributed by atoms with E-state index in [1.807, 2.05) is 0 Å². The number of alkyl halides is 1. The molecule has 42 valence electrons. The Morgan fingerprint density at radius 2 is 2.29 bits per heavy atom. The Morgan fingerprint density at radius 1 is 1.71 bits per heavy atom. The largest absolute Gasteiger partial charge is 0.213 e. The molecule has 3 heteroatoms. The van der Waals surface area contributed by atoms with Gasteiger partial charge < -0.3 is 0 Å². The Balaban J connectivity index is 3.17. The van der Waals surface area contributed by atoms with Gasteiger partial charge in [-0.25, -0.2) is 8.78 Å².